The zero-order valence-electron chi connectivity index (χ0n) is 15.9. The summed E-state index contributed by atoms with van der Waals surface area (Å²) in [6.07, 6.45) is 3.85. The predicted octanol–water partition coefficient (Wildman–Crippen LogP) is 3.58. The second-order valence-corrected chi connectivity index (χ2v) is 7.65. The Kier molecular flexibility index (Phi) is 4.48. The normalized spacial score (nSPS) is 21.2. The monoisotopic (exact) mass is 416 g/mol. The van der Waals surface area contributed by atoms with Crippen LogP contribution in [0.15, 0.2) is 36.7 Å². The highest BCUT2D eigenvalue weighted by Crippen LogP contribution is 2.38. The summed E-state index contributed by atoms with van der Waals surface area (Å²) in [6.45, 7) is 0.00284. The number of aromatic nitrogens is 3. The topological polar surface area (TPSA) is 74.6 Å². The van der Waals surface area contributed by atoms with Crippen molar-refractivity contribution in [1.82, 2.24) is 19.9 Å². The average Bonchev–Trinajstić information content (AvgIpc) is 3.31. The van der Waals surface area contributed by atoms with Crippen molar-refractivity contribution in [2.75, 3.05) is 16.8 Å². The fourth-order valence-corrected chi connectivity index (χ4v) is 3.78. The molecule has 1 saturated carbocycles. The molecule has 0 bridgehead atoms. The predicted molar refractivity (Wildman–Crippen MR) is 104 cm³/mol. The third-order valence-corrected chi connectivity index (χ3v) is 5.38. The molecule has 2 aliphatic rings. The Balaban J connectivity index is 1.47. The van der Waals surface area contributed by atoms with Gasteiger partial charge in [-0.25, -0.2) is 27.5 Å². The van der Waals surface area contributed by atoms with Crippen LogP contribution in [0.2, 0.25) is 0 Å². The van der Waals surface area contributed by atoms with E-state index in [9.17, 15) is 18.0 Å². The molecule has 3 heterocycles. The van der Waals surface area contributed by atoms with Crippen LogP contribution in [0.3, 0.4) is 0 Å². The first-order valence-corrected chi connectivity index (χ1v) is 9.75. The lowest BCUT2D eigenvalue weighted by Crippen LogP contribution is -2.30. The molecular weight excluding hydrogens is 397 g/mol. The number of halogens is 3. The van der Waals surface area contributed by atoms with Crippen LogP contribution < -0.4 is 15.5 Å². The van der Waals surface area contributed by atoms with E-state index >= 15 is 0 Å². The van der Waals surface area contributed by atoms with Gasteiger partial charge in [-0.3, -0.25) is 0 Å². The SMILES string of the molecule is O=C(Nc1cnn2ccc(N3C[C@@H](F)C[C@@H]3c3cc(F)ccc3F)nc12)NC1CC1. The second-order valence-electron chi connectivity index (χ2n) is 7.65. The number of carbonyl (C=O) groups is 1. The van der Waals surface area contributed by atoms with Crippen molar-refractivity contribution in [3.8, 4) is 0 Å². The summed E-state index contributed by atoms with van der Waals surface area (Å²) in [4.78, 5) is 18.2. The highest BCUT2D eigenvalue weighted by molar-refractivity contribution is 5.93. The van der Waals surface area contributed by atoms with Gasteiger partial charge in [0.2, 0.25) is 0 Å². The summed E-state index contributed by atoms with van der Waals surface area (Å²) >= 11 is 0. The van der Waals surface area contributed by atoms with Crippen LogP contribution >= 0.6 is 0 Å². The van der Waals surface area contributed by atoms with Gasteiger partial charge >= 0.3 is 6.03 Å². The largest absolute Gasteiger partial charge is 0.346 e. The van der Waals surface area contributed by atoms with Crippen molar-refractivity contribution in [2.45, 2.75) is 37.5 Å². The molecule has 0 unspecified atom stereocenters. The van der Waals surface area contributed by atoms with E-state index in [1.54, 1.807) is 17.2 Å². The van der Waals surface area contributed by atoms with E-state index in [2.05, 4.69) is 20.7 Å². The van der Waals surface area contributed by atoms with E-state index in [0.29, 0.717) is 17.2 Å². The lowest BCUT2D eigenvalue weighted by Gasteiger charge is -2.26. The molecule has 1 aliphatic carbocycles. The molecule has 2 atom stereocenters. The van der Waals surface area contributed by atoms with Gasteiger partial charge in [0, 0.05) is 24.2 Å². The van der Waals surface area contributed by atoms with Crippen molar-refractivity contribution in [3.63, 3.8) is 0 Å². The molecule has 30 heavy (non-hydrogen) atoms. The van der Waals surface area contributed by atoms with Gasteiger partial charge in [-0.1, -0.05) is 0 Å². The maximum Gasteiger partial charge on any atom is 0.319 e. The van der Waals surface area contributed by atoms with Gasteiger partial charge in [-0.2, -0.15) is 5.10 Å². The van der Waals surface area contributed by atoms with Crippen LogP contribution in [0.5, 0.6) is 0 Å². The second kappa shape index (κ2) is 7.19. The van der Waals surface area contributed by atoms with E-state index in [0.717, 1.165) is 31.0 Å². The Bertz CT molecular complexity index is 1120. The molecule has 5 rings (SSSR count). The number of hydrogen-bond donors (Lipinski definition) is 2. The smallest absolute Gasteiger partial charge is 0.319 e. The van der Waals surface area contributed by atoms with Crippen molar-refractivity contribution >= 4 is 23.2 Å². The Morgan fingerprint density at radius 1 is 1.20 bits per heavy atom. The first-order chi connectivity index (χ1) is 14.5. The maximum absolute atomic E-state index is 14.4. The number of nitrogens with zero attached hydrogens (tertiary/aromatic N) is 4. The Labute approximate surface area is 169 Å². The summed E-state index contributed by atoms with van der Waals surface area (Å²) in [6, 6.07) is 3.97. The number of anilines is 2. The maximum atomic E-state index is 14.4. The van der Waals surface area contributed by atoms with Crippen LogP contribution in [-0.4, -0.2) is 39.4 Å². The highest BCUT2D eigenvalue weighted by atomic mass is 19.1. The van der Waals surface area contributed by atoms with Crippen LogP contribution in [-0.2, 0) is 0 Å². The number of benzene rings is 1. The summed E-state index contributed by atoms with van der Waals surface area (Å²) in [5, 5.41) is 9.71. The number of alkyl halides is 1. The average molecular weight is 416 g/mol. The first-order valence-electron chi connectivity index (χ1n) is 9.75. The van der Waals surface area contributed by atoms with Gasteiger partial charge in [0.1, 0.15) is 29.3 Å². The molecule has 3 aromatic rings. The number of fused-ring (bicyclic) bond motifs is 1. The third kappa shape index (κ3) is 3.53. The number of rotatable bonds is 4. The molecule has 2 amide bonds. The Morgan fingerprint density at radius 2 is 2.03 bits per heavy atom. The molecular formula is C20H19F3N6O. The summed E-state index contributed by atoms with van der Waals surface area (Å²) in [7, 11) is 0. The number of nitrogens with one attached hydrogen (secondary N) is 2. The van der Waals surface area contributed by atoms with Gasteiger partial charge in [-0.05, 0) is 37.1 Å². The first kappa shape index (κ1) is 18.7. The van der Waals surface area contributed by atoms with E-state index in [1.165, 1.54) is 10.7 Å². The zero-order valence-corrected chi connectivity index (χ0v) is 15.9. The van der Waals surface area contributed by atoms with Crippen LogP contribution in [0, 0.1) is 11.6 Å². The number of amides is 2. The number of hydrogen-bond acceptors (Lipinski definition) is 4. The number of carbonyl (C=O) groups excluding carboxylic acids is 1. The standard InChI is InChI=1S/C20H19F3N6O/c21-11-1-4-15(23)14(7-11)17-8-12(22)10-28(17)18-5-6-29-19(27-18)16(9-24-29)26-20(30)25-13-2-3-13/h1,4-7,9,12-13,17H,2-3,8,10H2,(H2,25,26,30)/t12-,17+/m0/s1. The minimum Gasteiger partial charge on any atom is -0.346 e. The van der Waals surface area contributed by atoms with Crippen LogP contribution in [0.25, 0.3) is 5.65 Å². The molecule has 1 saturated heterocycles. The summed E-state index contributed by atoms with van der Waals surface area (Å²) in [5.74, 6) is -0.784. The van der Waals surface area contributed by atoms with E-state index in [-0.39, 0.29) is 30.6 Å². The van der Waals surface area contributed by atoms with Gasteiger partial charge < -0.3 is 15.5 Å². The summed E-state index contributed by atoms with van der Waals surface area (Å²) in [5.41, 5.74) is 0.867. The lowest BCUT2D eigenvalue weighted by atomic mass is 10.0. The fourth-order valence-electron chi connectivity index (χ4n) is 3.78. The van der Waals surface area contributed by atoms with E-state index in [1.807, 2.05) is 0 Å². The zero-order chi connectivity index (χ0) is 20.8. The van der Waals surface area contributed by atoms with Crippen molar-refractivity contribution in [3.05, 3.63) is 53.9 Å². The van der Waals surface area contributed by atoms with Crippen molar-refractivity contribution in [1.29, 1.82) is 0 Å². The molecule has 1 aliphatic heterocycles. The highest BCUT2D eigenvalue weighted by Gasteiger charge is 2.36. The molecule has 1 aromatic carbocycles. The minimum absolute atomic E-state index is 0.00284. The molecule has 7 nitrogen and oxygen atoms in total. The van der Waals surface area contributed by atoms with Crippen LogP contribution in [0.4, 0.5) is 29.5 Å². The van der Waals surface area contributed by atoms with Gasteiger partial charge in [-0.15, -0.1) is 0 Å². The third-order valence-electron chi connectivity index (χ3n) is 5.38. The molecule has 2 fully saturated rings. The Hall–Kier alpha value is -3.30. The number of urea groups is 1. The Morgan fingerprint density at radius 3 is 2.83 bits per heavy atom. The van der Waals surface area contributed by atoms with Gasteiger partial charge in [0.25, 0.3) is 0 Å². The molecule has 0 radical (unpaired) electrons. The molecule has 10 heteroatoms. The molecule has 2 N–H and O–H groups in total. The molecule has 2 aromatic heterocycles. The fraction of sp³-hybridized carbons (Fsp3) is 0.350. The van der Waals surface area contributed by atoms with E-state index < -0.39 is 23.8 Å². The molecule has 156 valence electrons. The minimum atomic E-state index is -1.21. The van der Waals surface area contributed by atoms with Gasteiger partial charge in [0.05, 0.1) is 18.8 Å². The van der Waals surface area contributed by atoms with Crippen LogP contribution in [0.1, 0.15) is 30.9 Å². The van der Waals surface area contributed by atoms with Crippen molar-refractivity contribution in [2.24, 2.45) is 0 Å². The lowest BCUT2D eigenvalue weighted by molar-refractivity contribution is 0.251. The molecule has 0 spiro atoms. The van der Waals surface area contributed by atoms with E-state index in [4.69, 9.17) is 0 Å². The van der Waals surface area contributed by atoms with Crippen molar-refractivity contribution < 1.29 is 18.0 Å². The summed E-state index contributed by atoms with van der Waals surface area (Å²) < 4.78 is 43.8. The van der Waals surface area contributed by atoms with Gasteiger partial charge in [0.15, 0.2) is 5.65 Å². The quantitative estimate of drug-likeness (QED) is 0.682.